The molecule has 5 rings (SSSR count). The quantitative estimate of drug-likeness (QED) is 0.485. The van der Waals surface area contributed by atoms with Crippen LogP contribution in [0.25, 0.3) is 0 Å². The lowest BCUT2D eigenvalue weighted by Gasteiger charge is -2.64. The van der Waals surface area contributed by atoms with Gasteiger partial charge in [-0.3, -0.25) is 0 Å². The molecule has 5 saturated carbocycles. The number of carbonyl (C=O) groups is 2. The predicted molar refractivity (Wildman–Crippen MR) is 88.9 cm³/mol. The zero-order valence-corrected chi connectivity index (χ0v) is 14.6. The van der Waals surface area contributed by atoms with Crippen molar-refractivity contribution in [3.63, 3.8) is 0 Å². The highest BCUT2D eigenvalue weighted by Crippen LogP contribution is 2.68. The third-order valence-corrected chi connectivity index (χ3v) is 7.45. The van der Waals surface area contributed by atoms with Crippen LogP contribution in [-0.2, 0) is 4.74 Å². The first-order chi connectivity index (χ1) is 11.3. The minimum Gasteiger partial charge on any atom is -0.449 e. The summed E-state index contributed by atoms with van der Waals surface area (Å²) < 4.78 is 3.08. The summed E-state index contributed by atoms with van der Waals surface area (Å²) >= 11 is 0. The fourth-order valence-corrected chi connectivity index (χ4v) is 6.79. The standard InChI is InChI=1S/C17H28.C2H2O5/c1-16(5-3-2-4-6-16)17-10-13-7-14(11-17)9-15(8-13)12-17;3-1(4)7-2(5)6/h13-15H,2-12H2,1H3;(H,3,4)(H,5,6). The number of hydrogen-bond acceptors (Lipinski definition) is 3. The highest BCUT2D eigenvalue weighted by atomic mass is 16.7. The predicted octanol–water partition coefficient (Wildman–Crippen LogP) is 5.53. The van der Waals surface area contributed by atoms with Gasteiger partial charge in [-0.15, -0.1) is 0 Å². The zero-order chi connectivity index (χ0) is 17.4. The van der Waals surface area contributed by atoms with E-state index in [2.05, 4.69) is 11.7 Å². The normalized spacial score (nSPS) is 38.8. The highest BCUT2D eigenvalue weighted by Gasteiger charge is 2.58. The Morgan fingerprint density at radius 3 is 1.58 bits per heavy atom. The maximum atomic E-state index is 9.21. The molecule has 0 aliphatic heterocycles. The molecule has 5 nitrogen and oxygen atoms in total. The van der Waals surface area contributed by atoms with Gasteiger partial charge in [0.1, 0.15) is 0 Å². The molecule has 5 heteroatoms. The summed E-state index contributed by atoms with van der Waals surface area (Å²) in [7, 11) is 0. The van der Waals surface area contributed by atoms with E-state index in [1.807, 2.05) is 0 Å². The molecule has 24 heavy (non-hydrogen) atoms. The average Bonchev–Trinajstić information content (AvgIpc) is 2.45. The van der Waals surface area contributed by atoms with Gasteiger partial charge in [0.05, 0.1) is 0 Å². The van der Waals surface area contributed by atoms with E-state index in [9.17, 15) is 9.59 Å². The molecule has 0 aromatic rings. The molecule has 5 fully saturated rings. The monoisotopic (exact) mass is 338 g/mol. The van der Waals surface area contributed by atoms with Crippen LogP contribution in [0.1, 0.15) is 77.6 Å². The number of hydrogen-bond donors (Lipinski definition) is 2. The maximum Gasteiger partial charge on any atom is 0.516 e. The van der Waals surface area contributed by atoms with Crippen molar-refractivity contribution >= 4 is 12.3 Å². The minimum atomic E-state index is -1.81. The molecule has 4 bridgehead atoms. The van der Waals surface area contributed by atoms with E-state index in [0.717, 1.165) is 28.6 Å². The van der Waals surface area contributed by atoms with Gasteiger partial charge < -0.3 is 14.9 Å². The molecule has 0 amide bonds. The molecule has 0 spiro atoms. The Hall–Kier alpha value is -1.26. The third-order valence-electron chi connectivity index (χ3n) is 7.45. The SMILES string of the molecule is CC1(C23CC4CC(CC(C4)C2)C3)CCCCC1.O=C(O)OC(=O)O. The van der Waals surface area contributed by atoms with Crippen LogP contribution in [0.2, 0.25) is 0 Å². The van der Waals surface area contributed by atoms with Gasteiger partial charge in [-0.2, -0.15) is 0 Å². The van der Waals surface area contributed by atoms with Crippen LogP contribution in [-0.4, -0.2) is 22.5 Å². The summed E-state index contributed by atoms with van der Waals surface area (Å²) in [5.74, 6) is 3.42. The fraction of sp³-hybridized carbons (Fsp3) is 0.895. The van der Waals surface area contributed by atoms with Crippen molar-refractivity contribution in [2.24, 2.45) is 28.6 Å². The third kappa shape index (κ3) is 3.40. The van der Waals surface area contributed by atoms with Crippen molar-refractivity contribution in [3.05, 3.63) is 0 Å². The lowest BCUT2D eigenvalue weighted by atomic mass is 9.41. The summed E-state index contributed by atoms with van der Waals surface area (Å²) in [5.41, 5.74) is 1.55. The molecule has 0 aromatic heterocycles. The van der Waals surface area contributed by atoms with E-state index >= 15 is 0 Å². The summed E-state index contributed by atoms with van der Waals surface area (Å²) in [6, 6.07) is 0. The molecule has 0 heterocycles. The Bertz CT molecular complexity index is 445. The van der Waals surface area contributed by atoms with E-state index in [1.165, 1.54) is 19.3 Å². The van der Waals surface area contributed by atoms with E-state index in [4.69, 9.17) is 10.2 Å². The molecule has 0 aromatic carbocycles. The summed E-state index contributed by atoms with van der Waals surface area (Å²) in [5, 5.41) is 15.0. The first-order valence-electron chi connectivity index (χ1n) is 9.46. The highest BCUT2D eigenvalue weighted by molar-refractivity contribution is 5.74. The van der Waals surface area contributed by atoms with Crippen molar-refractivity contribution in [3.8, 4) is 0 Å². The number of rotatable bonds is 1. The first-order valence-corrected chi connectivity index (χ1v) is 9.46. The Morgan fingerprint density at radius 1 is 0.833 bits per heavy atom. The van der Waals surface area contributed by atoms with Crippen LogP contribution in [0.5, 0.6) is 0 Å². The van der Waals surface area contributed by atoms with Crippen molar-refractivity contribution in [2.45, 2.75) is 77.6 Å². The smallest absolute Gasteiger partial charge is 0.449 e. The molecule has 0 atom stereocenters. The fourth-order valence-electron chi connectivity index (χ4n) is 6.79. The van der Waals surface area contributed by atoms with Crippen LogP contribution in [0.15, 0.2) is 0 Å². The van der Waals surface area contributed by atoms with Gasteiger partial charge in [-0.1, -0.05) is 26.2 Å². The van der Waals surface area contributed by atoms with Crippen molar-refractivity contribution < 1.29 is 24.5 Å². The van der Waals surface area contributed by atoms with E-state index in [0.29, 0.717) is 0 Å². The van der Waals surface area contributed by atoms with E-state index < -0.39 is 12.3 Å². The zero-order valence-electron chi connectivity index (χ0n) is 14.6. The van der Waals surface area contributed by atoms with Crippen molar-refractivity contribution in [2.75, 3.05) is 0 Å². The second-order valence-electron chi connectivity index (χ2n) is 8.95. The van der Waals surface area contributed by atoms with Crippen LogP contribution < -0.4 is 0 Å². The van der Waals surface area contributed by atoms with Gasteiger partial charge >= 0.3 is 12.3 Å². The minimum absolute atomic E-state index is 0.737. The summed E-state index contributed by atoms with van der Waals surface area (Å²) in [4.78, 5) is 18.4. The molecule has 5 aliphatic rings. The second kappa shape index (κ2) is 6.57. The number of ether oxygens (including phenoxy) is 1. The van der Waals surface area contributed by atoms with Crippen LogP contribution in [0, 0.1) is 28.6 Å². The maximum absolute atomic E-state index is 9.21. The van der Waals surface area contributed by atoms with Crippen molar-refractivity contribution in [1.82, 2.24) is 0 Å². The van der Waals surface area contributed by atoms with Gasteiger partial charge in [-0.25, -0.2) is 9.59 Å². The number of carboxylic acid groups (broad SMARTS) is 2. The molecule has 0 saturated heterocycles. The Morgan fingerprint density at radius 2 is 1.25 bits per heavy atom. The van der Waals surface area contributed by atoms with Crippen molar-refractivity contribution in [1.29, 1.82) is 0 Å². The van der Waals surface area contributed by atoms with Gasteiger partial charge in [0.2, 0.25) is 0 Å². The molecule has 0 unspecified atom stereocenters. The molecular weight excluding hydrogens is 308 g/mol. The van der Waals surface area contributed by atoms with Gasteiger partial charge in [0.25, 0.3) is 0 Å². The largest absolute Gasteiger partial charge is 0.516 e. The average molecular weight is 338 g/mol. The van der Waals surface area contributed by atoms with Crippen LogP contribution in [0.3, 0.4) is 0 Å². The molecule has 136 valence electrons. The molecule has 2 N–H and O–H groups in total. The van der Waals surface area contributed by atoms with Gasteiger partial charge in [-0.05, 0) is 80.0 Å². The summed E-state index contributed by atoms with van der Waals surface area (Å²) in [6.07, 6.45) is 13.7. The topological polar surface area (TPSA) is 83.8 Å². The second-order valence-corrected chi connectivity index (χ2v) is 8.95. The van der Waals surface area contributed by atoms with E-state index in [1.54, 1.807) is 51.4 Å². The molecule has 5 aliphatic carbocycles. The first kappa shape index (κ1) is 17.6. The van der Waals surface area contributed by atoms with Crippen LogP contribution >= 0.6 is 0 Å². The lowest BCUT2D eigenvalue weighted by Crippen LogP contribution is -2.54. The Balaban J connectivity index is 0.000000209. The summed E-state index contributed by atoms with van der Waals surface area (Å²) in [6.45, 7) is 2.68. The van der Waals surface area contributed by atoms with Gasteiger partial charge in [0.15, 0.2) is 0 Å². The van der Waals surface area contributed by atoms with Gasteiger partial charge in [0, 0.05) is 0 Å². The van der Waals surface area contributed by atoms with Crippen LogP contribution in [0.4, 0.5) is 9.59 Å². The Kier molecular flexibility index (Phi) is 4.80. The van der Waals surface area contributed by atoms with E-state index in [-0.39, 0.29) is 0 Å². The Labute approximate surface area is 143 Å². The molecular formula is C19H30O5. The molecule has 0 radical (unpaired) electrons. The lowest BCUT2D eigenvalue weighted by molar-refractivity contribution is -0.137.